The molecule has 4 heterocycles. The molecule has 0 unspecified atom stereocenters. The minimum absolute atomic E-state index is 0.225. The van der Waals surface area contributed by atoms with Crippen LogP contribution in [-0.4, -0.2) is 29.9 Å². The lowest BCUT2D eigenvalue weighted by molar-refractivity contribution is 0.0945. The first-order valence-corrected chi connectivity index (χ1v) is 7.65. The quantitative estimate of drug-likeness (QED) is 0.626. The molecular weight excluding hydrogens is 304 g/mol. The number of aryl methyl sites for hydroxylation is 2. The van der Waals surface area contributed by atoms with Crippen LogP contribution in [-0.2, 0) is 6.54 Å². The van der Waals surface area contributed by atoms with Crippen LogP contribution in [0.1, 0.15) is 27.6 Å². The molecule has 0 aliphatic rings. The second-order valence-electron chi connectivity index (χ2n) is 5.72. The van der Waals surface area contributed by atoms with E-state index in [1.807, 2.05) is 54.9 Å². The van der Waals surface area contributed by atoms with E-state index in [1.165, 1.54) is 0 Å². The van der Waals surface area contributed by atoms with E-state index in [1.54, 1.807) is 10.6 Å². The van der Waals surface area contributed by atoms with Gasteiger partial charge in [-0.3, -0.25) is 4.79 Å². The van der Waals surface area contributed by atoms with E-state index < -0.39 is 0 Å². The van der Waals surface area contributed by atoms with Gasteiger partial charge in [-0.25, -0.2) is 14.5 Å². The summed E-state index contributed by atoms with van der Waals surface area (Å²) in [6, 6.07) is 9.38. The molecule has 0 bridgehead atoms. The van der Waals surface area contributed by atoms with E-state index in [0.717, 1.165) is 22.7 Å². The number of nitrogens with zero attached hydrogens (tertiary/aromatic N) is 5. The van der Waals surface area contributed by atoms with Gasteiger partial charge in [0.15, 0.2) is 5.65 Å². The molecule has 0 aliphatic carbocycles. The maximum Gasteiger partial charge on any atom is 0.270 e. The van der Waals surface area contributed by atoms with Crippen LogP contribution < -0.4 is 5.32 Å². The lowest BCUT2D eigenvalue weighted by atomic mass is 10.3. The lowest BCUT2D eigenvalue weighted by Crippen LogP contribution is -2.24. The number of carbonyl (C=O) groups excluding carboxylic acids is 1. The first kappa shape index (κ1) is 14.4. The molecular formula is C17H16N6O. The average Bonchev–Trinajstić information content (AvgIpc) is 3.14. The van der Waals surface area contributed by atoms with Crippen molar-refractivity contribution in [1.82, 2.24) is 29.3 Å². The zero-order valence-electron chi connectivity index (χ0n) is 13.4. The summed E-state index contributed by atoms with van der Waals surface area (Å²) in [6.45, 7) is 4.15. The van der Waals surface area contributed by atoms with Crippen molar-refractivity contribution in [3.8, 4) is 0 Å². The molecule has 0 fully saturated rings. The fraction of sp³-hybridized carbons (Fsp3) is 0.176. The number of amides is 1. The Labute approximate surface area is 138 Å². The van der Waals surface area contributed by atoms with Gasteiger partial charge in [0.25, 0.3) is 5.91 Å². The van der Waals surface area contributed by atoms with E-state index in [4.69, 9.17) is 0 Å². The summed E-state index contributed by atoms with van der Waals surface area (Å²) < 4.78 is 3.65. The number of fused-ring (bicyclic) bond motifs is 2. The smallest absolute Gasteiger partial charge is 0.270 e. The lowest BCUT2D eigenvalue weighted by Gasteiger charge is -2.05. The van der Waals surface area contributed by atoms with Gasteiger partial charge in [0.2, 0.25) is 0 Å². The SMILES string of the molecule is Cc1cc2nc(C(=O)NCc3cn4ccccc4n3)cc(C)n2n1. The summed E-state index contributed by atoms with van der Waals surface area (Å²) in [5.74, 6) is -0.225. The minimum Gasteiger partial charge on any atom is -0.345 e. The standard InChI is InChI=1S/C17H16N6O/c1-11-7-16-20-14(8-12(2)23(16)21-11)17(24)18-9-13-10-22-6-4-3-5-15(22)19-13/h3-8,10H,9H2,1-2H3,(H,18,24). The van der Waals surface area contributed by atoms with Gasteiger partial charge < -0.3 is 9.72 Å². The predicted molar refractivity (Wildman–Crippen MR) is 88.8 cm³/mol. The molecule has 0 saturated heterocycles. The zero-order valence-corrected chi connectivity index (χ0v) is 13.4. The Kier molecular flexibility index (Phi) is 3.26. The average molecular weight is 320 g/mol. The van der Waals surface area contributed by atoms with Crippen LogP contribution in [0.2, 0.25) is 0 Å². The van der Waals surface area contributed by atoms with Crippen molar-refractivity contribution in [3.05, 3.63) is 65.5 Å². The van der Waals surface area contributed by atoms with Crippen LogP contribution in [0, 0.1) is 13.8 Å². The Morgan fingerprint density at radius 3 is 2.88 bits per heavy atom. The number of nitrogens with one attached hydrogen (secondary N) is 1. The van der Waals surface area contributed by atoms with Gasteiger partial charge in [0.05, 0.1) is 17.9 Å². The van der Waals surface area contributed by atoms with E-state index in [-0.39, 0.29) is 5.91 Å². The fourth-order valence-corrected chi connectivity index (χ4v) is 2.69. The van der Waals surface area contributed by atoms with E-state index in [2.05, 4.69) is 20.4 Å². The number of pyridine rings is 1. The molecule has 4 rings (SSSR count). The highest BCUT2D eigenvalue weighted by Crippen LogP contribution is 2.09. The van der Waals surface area contributed by atoms with Gasteiger partial charge in [-0.1, -0.05) is 6.07 Å². The summed E-state index contributed by atoms with van der Waals surface area (Å²) in [5, 5.41) is 7.21. The van der Waals surface area contributed by atoms with Crippen LogP contribution in [0.3, 0.4) is 0 Å². The molecule has 0 radical (unpaired) electrons. The Bertz CT molecular complexity index is 1030. The third-order valence-corrected chi connectivity index (χ3v) is 3.80. The fourth-order valence-electron chi connectivity index (χ4n) is 2.69. The Morgan fingerprint density at radius 2 is 2.04 bits per heavy atom. The number of hydrogen-bond acceptors (Lipinski definition) is 4. The number of aromatic nitrogens is 5. The maximum atomic E-state index is 12.4. The molecule has 0 atom stereocenters. The largest absolute Gasteiger partial charge is 0.345 e. The normalized spacial score (nSPS) is 11.2. The number of imidazole rings is 1. The molecule has 4 aromatic heterocycles. The van der Waals surface area contributed by atoms with Crippen molar-refractivity contribution in [2.24, 2.45) is 0 Å². The molecule has 0 aromatic carbocycles. The van der Waals surface area contributed by atoms with Gasteiger partial charge in [-0.15, -0.1) is 0 Å². The van der Waals surface area contributed by atoms with E-state index in [9.17, 15) is 4.79 Å². The van der Waals surface area contributed by atoms with Crippen LogP contribution >= 0.6 is 0 Å². The third kappa shape index (κ3) is 2.50. The molecule has 120 valence electrons. The van der Waals surface area contributed by atoms with Crippen molar-refractivity contribution in [3.63, 3.8) is 0 Å². The third-order valence-electron chi connectivity index (χ3n) is 3.80. The van der Waals surface area contributed by atoms with Crippen LogP contribution in [0.25, 0.3) is 11.3 Å². The van der Waals surface area contributed by atoms with Gasteiger partial charge in [-0.05, 0) is 32.0 Å². The molecule has 0 spiro atoms. The van der Waals surface area contributed by atoms with Crippen molar-refractivity contribution in [2.75, 3.05) is 0 Å². The molecule has 7 heteroatoms. The zero-order chi connectivity index (χ0) is 16.7. The number of rotatable bonds is 3. The summed E-state index contributed by atoms with van der Waals surface area (Å²) >= 11 is 0. The number of hydrogen-bond donors (Lipinski definition) is 1. The molecule has 4 aromatic rings. The maximum absolute atomic E-state index is 12.4. The Balaban J connectivity index is 1.55. The van der Waals surface area contributed by atoms with Crippen molar-refractivity contribution >= 4 is 17.2 Å². The molecule has 0 aliphatic heterocycles. The van der Waals surface area contributed by atoms with Crippen molar-refractivity contribution in [2.45, 2.75) is 20.4 Å². The molecule has 7 nitrogen and oxygen atoms in total. The highest BCUT2D eigenvalue weighted by Gasteiger charge is 2.12. The monoisotopic (exact) mass is 320 g/mol. The van der Waals surface area contributed by atoms with Crippen LogP contribution in [0.15, 0.2) is 42.7 Å². The summed E-state index contributed by atoms with van der Waals surface area (Å²) in [6.07, 6.45) is 3.83. The highest BCUT2D eigenvalue weighted by molar-refractivity contribution is 5.92. The van der Waals surface area contributed by atoms with Gasteiger partial charge in [-0.2, -0.15) is 5.10 Å². The van der Waals surface area contributed by atoms with Gasteiger partial charge in [0, 0.05) is 24.2 Å². The second kappa shape index (κ2) is 5.45. The summed E-state index contributed by atoms with van der Waals surface area (Å²) in [4.78, 5) is 21.2. The van der Waals surface area contributed by atoms with Crippen molar-refractivity contribution < 1.29 is 4.79 Å². The van der Waals surface area contributed by atoms with Gasteiger partial charge >= 0.3 is 0 Å². The topological polar surface area (TPSA) is 76.6 Å². The Hall–Kier alpha value is -3.22. The molecule has 1 N–H and O–H groups in total. The minimum atomic E-state index is -0.225. The molecule has 24 heavy (non-hydrogen) atoms. The van der Waals surface area contributed by atoms with E-state index in [0.29, 0.717) is 17.9 Å². The van der Waals surface area contributed by atoms with Gasteiger partial charge in [0.1, 0.15) is 11.3 Å². The molecule has 0 saturated carbocycles. The summed E-state index contributed by atoms with van der Waals surface area (Å²) in [7, 11) is 0. The van der Waals surface area contributed by atoms with Crippen molar-refractivity contribution in [1.29, 1.82) is 0 Å². The number of carbonyl (C=O) groups is 1. The van der Waals surface area contributed by atoms with Crippen LogP contribution in [0.4, 0.5) is 0 Å². The predicted octanol–water partition coefficient (Wildman–Crippen LogP) is 1.92. The first-order chi connectivity index (χ1) is 11.6. The highest BCUT2D eigenvalue weighted by atomic mass is 16.1. The molecule has 1 amide bonds. The summed E-state index contributed by atoms with van der Waals surface area (Å²) in [5.41, 5.74) is 4.44. The Morgan fingerprint density at radius 1 is 1.17 bits per heavy atom. The van der Waals surface area contributed by atoms with E-state index >= 15 is 0 Å². The van der Waals surface area contributed by atoms with Crippen LogP contribution in [0.5, 0.6) is 0 Å². The second-order valence-corrected chi connectivity index (χ2v) is 5.72. The first-order valence-electron chi connectivity index (χ1n) is 7.65.